The van der Waals surface area contributed by atoms with Gasteiger partial charge in [-0.25, -0.2) is 9.78 Å². The summed E-state index contributed by atoms with van der Waals surface area (Å²) in [5, 5.41) is 16.5. The lowest BCUT2D eigenvalue weighted by molar-refractivity contribution is -0.141. The van der Waals surface area contributed by atoms with Crippen molar-refractivity contribution in [1.82, 2.24) is 25.9 Å². The van der Waals surface area contributed by atoms with Crippen molar-refractivity contribution in [3.8, 4) is 0 Å². The van der Waals surface area contributed by atoms with Gasteiger partial charge in [0.15, 0.2) is 0 Å². The number of hydrogen-bond acceptors (Lipinski definition) is 8. The highest BCUT2D eigenvalue weighted by molar-refractivity contribution is 7.80. The molecule has 14 heteroatoms. The Balaban J connectivity index is 3.04. The van der Waals surface area contributed by atoms with Gasteiger partial charge in [0.2, 0.25) is 23.6 Å². The molecule has 34 heavy (non-hydrogen) atoms. The Hall–Kier alpha value is -3.13. The SMILES string of the molecule is CC(C)CC(N)C(=O)NC(Cc1cnc[nH]1)C(=O)NC(CCC(N)=O)C(=O)NC(CS)C(=O)O. The summed E-state index contributed by atoms with van der Waals surface area (Å²) in [4.78, 5) is 67.5. The first kappa shape index (κ1) is 28.9. The van der Waals surface area contributed by atoms with E-state index in [4.69, 9.17) is 16.6 Å². The summed E-state index contributed by atoms with van der Waals surface area (Å²) in [7, 11) is 0. The van der Waals surface area contributed by atoms with Crippen molar-refractivity contribution in [2.45, 2.75) is 63.7 Å². The van der Waals surface area contributed by atoms with E-state index in [1.807, 2.05) is 13.8 Å². The molecule has 4 atom stereocenters. The van der Waals surface area contributed by atoms with Crippen molar-refractivity contribution in [3.05, 3.63) is 18.2 Å². The van der Waals surface area contributed by atoms with Crippen LogP contribution in [0.25, 0.3) is 0 Å². The van der Waals surface area contributed by atoms with E-state index >= 15 is 0 Å². The molecule has 13 nitrogen and oxygen atoms in total. The fourth-order valence-electron chi connectivity index (χ4n) is 3.00. The van der Waals surface area contributed by atoms with Crippen LogP contribution in [0.15, 0.2) is 12.5 Å². The first-order chi connectivity index (χ1) is 15.9. The number of nitrogens with zero attached hydrogens (tertiary/aromatic N) is 1. The average molecular weight is 500 g/mol. The number of aromatic nitrogens is 2. The highest BCUT2D eigenvalue weighted by Gasteiger charge is 2.30. The number of primary amides is 1. The average Bonchev–Trinajstić information content (AvgIpc) is 3.26. The molecule has 1 aromatic rings. The molecule has 0 saturated carbocycles. The number of hydrogen-bond donors (Lipinski definition) is 8. The van der Waals surface area contributed by atoms with E-state index in [-0.39, 0.29) is 30.9 Å². The molecule has 4 unspecified atom stereocenters. The zero-order valence-electron chi connectivity index (χ0n) is 19.1. The van der Waals surface area contributed by atoms with Gasteiger partial charge in [-0.2, -0.15) is 12.6 Å². The van der Waals surface area contributed by atoms with Crippen molar-refractivity contribution in [2.75, 3.05) is 5.75 Å². The third kappa shape index (κ3) is 10.2. The molecule has 1 aromatic heterocycles. The maximum absolute atomic E-state index is 13.1. The number of aromatic amines is 1. The number of carboxylic acids is 1. The van der Waals surface area contributed by atoms with E-state index in [9.17, 15) is 24.0 Å². The van der Waals surface area contributed by atoms with E-state index in [0.717, 1.165) is 0 Å². The van der Waals surface area contributed by atoms with Gasteiger partial charge in [-0.05, 0) is 18.8 Å². The summed E-state index contributed by atoms with van der Waals surface area (Å²) in [6, 6.07) is -4.57. The summed E-state index contributed by atoms with van der Waals surface area (Å²) in [6.45, 7) is 3.80. The van der Waals surface area contributed by atoms with Gasteiger partial charge in [0, 0.05) is 30.5 Å². The first-order valence-electron chi connectivity index (χ1n) is 10.7. The third-order valence-electron chi connectivity index (χ3n) is 4.78. The number of aliphatic carboxylic acids is 1. The molecule has 0 spiro atoms. The second kappa shape index (κ2) is 14.2. The minimum absolute atomic E-state index is 0.0184. The largest absolute Gasteiger partial charge is 0.480 e. The molecule has 9 N–H and O–H groups in total. The first-order valence-corrected chi connectivity index (χ1v) is 11.3. The Morgan fingerprint density at radius 1 is 1.06 bits per heavy atom. The Morgan fingerprint density at radius 3 is 2.15 bits per heavy atom. The lowest BCUT2D eigenvalue weighted by atomic mass is 10.0. The molecule has 0 radical (unpaired) electrons. The summed E-state index contributed by atoms with van der Waals surface area (Å²) in [6.07, 6.45) is 2.88. The van der Waals surface area contributed by atoms with Crippen LogP contribution in [0.2, 0.25) is 0 Å². The molecule has 0 aliphatic heterocycles. The molecule has 0 bridgehead atoms. The molecule has 190 valence electrons. The number of rotatable bonds is 15. The van der Waals surface area contributed by atoms with Gasteiger partial charge in [0.1, 0.15) is 18.1 Å². The van der Waals surface area contributed by atoms with E-state index in [1.165, 1.54) is 12.5 Å². The molecule has 1 heterocycles. The normalized spacial score (nSPS) is 14.5. The van der Waals surface area contributed by atoms with Crippen LogP contribution in [-0.2, 0) is 30.4 Å². The highest BCUT2D eigenvalue weighted by Crippen LogP contribution is 2.06. The van der Waals surface area contributed by atoms with Crippen LogP contribution in [-0.4, -0.2) is 74.6 Å². The molecule has 0 fully saturated rings. The third-order valence-corrected chi connectivity index (χ3v) is 5.15. The molecule has 4 amide bonds. The molecule has 0 aromatic carbocycles. The monoisotopic (exact) mass is 499 g/mol. The topological polar surface area (TPSA) is 222 Å². The van der Waals surface area contributed by atoms with Crippen LogP contribution in [0.5, 0.6) is 0 Å². The number of carboxylic acid groups (broad SMARTS) is 1. The van der Waals surface area contributed by atoms with E-state index < -0.39 is 53.8 Å². The minimum Gasteiger partial charge on any atom is -0.480 e. The van der Waals surface area contributed by atoms with Crippen LogP contribution in [0.4, 0.5) is 0 Å². The van der Waals surface area contributed by atoms with Crippen LogP contribution in [0, 0.1) is 5.92 Å². The molecule has 0 aliphatic rings. The quantitative estimate of drug-likeness (QED) is 0.126. The van der Waals surface area contributed by atoms with Gasteiger partial charge in [0.05, 0.1) is 12.4 Å². The number of H-pyrrole nitrogens is 1. The Kier molecular flexibility index (Phi) is 12.1. The predicted octanol–water partition coefficient (Wildman–Crippen LogP) is -1.94. The van der Waals surface area contributed by atoms with E-state index in [2.05, 4.69) is 38.5 Å². The van der Waals surface area contributed by atoms with E-state index in [0.29, 0.717) is 12.1 Å². The number of amides is 4. The number of nitrogens with two attached hydrogens (primary N) is 2. The number of thiol groups is 1. The van der Waals surface area contributed by atoms with Gasteiger partial charge >= 0.3 is 5.97 Å². The lowest BCUT2D eigenvalue weighted by Gasteiger charge is -2.25. The number of carbonyl (C=O) groups excluding carboxylic acids is 4. The van der Waals surface area contributed by atoms with Crippen molar-refractivity contribution in [3.63, 3.8) is 0 Å². The summed E-state index contributed by atoms with van der Waals surface area (Å²) in [5.74, 6) is -4.18. The molecular weight excluding hydrogens is 466 g/mol. The lowest BCUT2D eigenvalue weighted by Crippen LogP contribution is -2.58. The van der Waals surface area contributed by atoms with Crippen molar-refractivity contribution in [2.24, 2.45) is 17.4 Å². The van der Waals surface area contributed by atoms with Crippen molar-refractivity contribution < 1.29 is 29.1 Å². The summed E-state index contributed by atoms with van der Waals surface area (Å²) < 4.78 is 0. The molecular formula is C20H33N7O6S. The Bertz CT molecular complexity index is 848. The van der Waals surface area contributed by atoms with E-state index in [1.54, 1.807) is 0 Å². The maximum Gasteiger partial charge on any atom is 0.327 e. The van der Waals surface area contributed by atoms with Gasteiger partial charge in [-0.3, -0.25) is 19.2 Å². The number of nitrogens with one attached hydrogen (secondary N) is 4. The van der Waals surface area contributed by atoms with Crippen LogP contribution < -0.4 is 27.4 Å². The predicted molar refractivity (Wildman–Crippen MR) is 125 cm³/mol. The zero-order chi connectivity index (χ0) is 25.8. The fraction of sp³-hybridized carbons (Fsp3) is 0.600. The Labute approximate surface area is 202 Å². The van der Waals surface area contributed by atoms with Crippen molar-refractivity contribution in [1.29, 1.82) is 0 Å². The zero-order valence-corrected chi connectivity index (χ0v) is 20.0. The second-order valence-electron chi connectivity index (χ2n) is 8.23. The van der Waals surface area contributed by atoms with Gasteiger partial charge in [0.25, 0.3) is 0 Å². The molecule has 0 saturated heterocycles. The Morgan fingerprint density at radius 2 is 1.65 bits per heavy atom. The van der Waals surface area contributed by atoms with Gasteiger partial charge in [-0.15, -0.1) is 0 Å². The number of imidazole rings is 1. The summed E-state index contributed by atoms with van der Waals surface area (Å²) >= 11 is 3.89. The standard InChI is InChI=1S/C20H33N7O6S/c1-10(2)5-12(21)17(29)26-14(6-11-7-23-9-24-11)19(31)25-13(3-4-16(22)28)18(30)27-15(8-34)20(32)33/h7,9-10,12-15,34H,3-6,8,21H2,1-2H3,(H2,22,28)(H,23,24)(H,25,31)(H,26,29)(H,27,30)(H,32,33). The van der Waals surface area contributed by atoms with Crippen LogP contribution >= 0.6 is 12.6 Å². The number of carbonyl (C=O) groups is 5. The fourth-order valence-corrected chi connectivity index (χ4v) is 3.25. The highest BCUT2D eigenvalue weighted by atomic mass is 32.1. The minimum atomic E-state index is -1.31. The van der Waals surface area contributed by atoms with Gasteiger partial charge in [-0.1, -0.05) is 13.8 Å². The summed E-state index contributed by atoms with van der Waals surface area (Å²) in [5.41, 5.74) is 11.6. The molecule has 1 rings (SSSR count). The smallest absolute Gasteiger partial charge is 0.327 e. The molecule has 0 aliphatic carbocycles. The van der Waals surface area contributed by atoms with Crippen LogP contribution in [0.3, 0.4) is 0 Å². The van der Waals surface area contributed by atoms with Crippen LogP contribution in [0.1, 0.15) is 38.8 Å². The van der Waals surface area contributed by atoms with Gasteiger partial charge < -0.3 is 37.5 Å². The van der Waals surface area contributed by atoms with Crippen molar-refractivity contribution >= 4 is 42.2 Å². The second-order valence-corrected chi connectivity index (χ2v) is 8.59. The maximum atomic E-state index is 13.1.